The van der Waals surface area contributed by atoms with Gasteiger partial charge >= 0.3 is 0 Å². The van der Waals surface area contributed by atoms with Crippen LogP contribution in [0, 0.1) is 5.92 Å². The largest absolute Gasteiger partial charge is 0.351 e. The first-order chi connectivity index (χ1) is 17.6. The van der Waals surface area contributed by atoms with Gasteiger partial charge in [-0.05, 0) is 44.4 Å². The third-order valence-corrected chi connectivity index (χ3v) is 5.96. The molecule has 0 aromatic heterocycles. The lowest BCUT2D eigenvalue weighted by molar-refractivity contribution is -0.133. The molecule has 0 bridgehead atoms. The van der Waals surface area contributed by atoms with Gasteiger partial charge in [-0.25, -0.2) is 8.78 Å². The fraction of sp³-hybridized carbons (Fsp3) is 0.893. The minimum Gasteiger partial charge on any atom is -0.351 e. The molecule has 1 saturated carbocycles. The molecule has 3 rings (SSSR count). The quantitative estimate of drug-likeness (QED) is 0.466. The molecule has 0 spiro atoms. The van der Waals surface area contributed by atoms with Crippen LogP contribution < -0.4 is 5.73 Å². The van der Waals surface area contributed by atoms with E-state index in [4.69, 9.17) is 5.73 Å². The average Bonchev–Trinajstić information content (AvgIpc) is 3.53. The molecular formula is C28H58F2N4O3. The summed E-state index contributed by atoms with van der Waals surface area (Å²) < 4.78 is 26.5. The topological polar surface area (TPSA) is 87.0 Å². The van der Waals surface area contributed by atoms with Crippen LogP contribution in [0.4, 0.5) is 8.78 Å². The van der Waals surface area contributed by atoms with Gasteiger partial charge in [0.15, 0.2) is 0 Å². The summed E-state index contributed by atoms with van der Waals surface area (Å²) in [7, 11) is 3.38. The van der Waals surface area contributed by atoms with E-state index in [1.807, 2.05) is 60.3 Å². The number of carbonyl (C=O) groups is 3. The van der Waals surface area contributed by atoms with Gasteiger partial charge in [-0.2, -0.15) is 0 Å². The maximum atomic E-state index is 13.2. The van der Waals surface area contributed by atoms with Gasteiger partial charge < -0.3 is 20.4 Å². The second kappa shape index (κ2) is 23.4. The van der Waals surface area contributed by atoms with E-state index >= 15 is 0 Å². The second-order valence-electron chi connectivity index (χ2n) is 8.64. The maximum Gasteiger partial charge on any atom is 0.267 e. The van der Waals surface area contributed by atoms with Crippen molar-refractivity contribution in [1.82, 2.24) is 14.7 Å². The lowest BCUT2D eigenvalue weighted by Crippen LogP contribution is -2.45. The zero-order valence-electron chi connectivity index (χ0n) is 25.5. The van der Waals surface area contributed by atoms with Gasteiger partial charge in [-0.1, -0.05) is 55.4 Å². The van der Waals surface area contributed by atoms with Crippen LogP contribution in [0.1, 0.15) is 107 Å². The van der Waals surface area contributed by atoms with Crippen molar-refractivity contribution in [2.45, 2.75) is 125 Å². The Labute approximate surface area is 226 Å². The van der Waals surface area contributed by atoms with Crippen molar-refractivity contribution < 1.29 is 23.2 Å². The third-order valence-electron chi connectivity index (χ3n) is 5.96. The molecule has 0 aromatic carbocycles. The third kappa shape index (κ3) is 15.9. The Morgan fingerprint density at radius 2 is 1.51 bits per heavy atom. The first kappa shape index (κ1) is 39.7. The van der Waals surface area contributed by atoms with E-state index in [9.17, 15) is 23.2 Å². The van der Waals surface area contributed by atoms with E-state index in [1.165, 1.54) is 9.80 Å². The summed E-state index contributed by atoms with van der Waals surface area (Å²) in [4.78, 5) is 38.1. The van der Waals surface area contributed by atoms with E-state index in [0.29, 0.717) is 24.8 Å². The molecule has 3 amide bonds. The second-order valence-corrected chi connectivity index (χ2v) is 8.64. The normalized spacial score (nSPS) is 22.0. The zero-order valence-corrected chi connectivity index (χ0v) is 25.5. The molecule has 2 aliphatic heterocycles. The van der Waals surface area contributed by atoms with E-state index in [1.54, 1.807) is 14.1 Å². The molecule has 1 aliphatic carbocycles. The highest BCUT2D eigenvalue weighted by Gasteiger charge is 2.41. The Hall–Kier alpha value is -1.77. The van der Waals surface area contributed by atoms with Crippen molar-refractivity contribution in [1.29, 1.82) is 0 Å². The van der Waals surface area contributed by atoms with Crippen molar-refractivity contribution in [2.75, 3.05) is 33.7 Å². The fourth-order valence-corrected chi connectivity index (χ4v) is 4.37. The van der Waals surface area contributed by atoms with Crippen LogP contribution in [-0.2, 0) is 14.4 Å². The molecule has 222 valence electrons. The summed E-state index contributed by atoms with van der Waals surface area (Å²) in [6.07, 6.45) is 6.48. The number of rotatable bonds is 5. The van der Waals surface area contributed by atoms with E-state index in [0.717, 1.165) is 45.1 Å². The zero-order chi connectivity index (χ0) is 29.6. The fourth-order valence-electron chi connectivity index (χ4n) is 4.37. The van der Waals surface area contributed by atoms with Crippen LogP contribution in [0.25, 0.3) is 0 Å². The molecule has 0 unspecified atom stereocenters. The van der Waals surface area contributed by atoms with Gasteiger partial charge in [0.05, 0.1) is 12.6 Å². The van der Waals surface area contributed by atoms with E-state index in [2.05, 4.69) is 0 Å². The summed E-state index contributed by atoms with van der Waals surface area (Å²) in [6.45, 7) is 16.5. The average molecular weight is 537 g/mol. The minimum atomic E-state index is -2.77. The molecule has 2 N–H and O–H groups in total. The molecule has 0 radical (unpaired) electrons. The molecule has 7 nitrogen and oxygen atoms in total. The number of likely N-dealkylation sites (tertiary alicyclic amines) is 2. The van der Waals surface area contributed by atoms with Crippen molar-refractivity contribution >= 4 is 18.2 Å². The minimum absolute atomic E-state index is 0.101. The number of alkyl halides is 2. The Balaban J connectivity index is -0.000000761. The monoisotopic (exact) mass is 536 g/mol. The van der Waals surface area contributed by atoms with E-state index < -0.39 is 18.5 Å². The van der Waals surface area contributed by atoms with Crippen molar-refractivity contribution in [3.05, 3.63) is 0 Å². The molecule has 9 heteroatoms. The predicted molar refractivity (Wildman–Crippen MR) is 151 cm³/mol. The molecule has 3 aliphatic rings. The summed E-state index contributed by atoms with van der Waals surface area (Å²) in [6, 6.07) is -0.352. The molecule has 2 saturated heterocycles. The standard InChI is InChI=1S/C17H27F2N3O2.C3H7NO.4C2H6/c18-17(19)7-9-21(11-17)16(24)14(20)10-12-3-5-13(6-4-12)22-8-1-2-15(22)23;1-4(2)3-5;4*1-2/h12-14H,1-11,20H2;3H,1-2H3;4*1-2H3/t12?,13?,14-;;;;;/m0...../s1. The van der Waals surface area contributed by atoms with Crippen LogP contribution in [0.5, 0.6) is 0 Å². The number of carbonyl (C=O) groups excluding carboxylic acids is 3. The number of hydrogen-bond donors (Lipinski definition) is 1. The Morgan fingerprint density at radius 1 is 1.03 bits per heavy atom. The molecular weight excluding hydrogens is 478 g/mol. The summed E-state index contributed by atoms with van der Waals surface area (Å²) in [5.74, 6) is -2.50. The van der Waals surface area contributed by atoms with Crippen LogP contribution >= 0.6 is 0 Å². The van der Waals surface area contributed by atoms with Crippen molar-refractivity contribution in [2.24, 2.45) is 11.7 Å². The molecule has 37 heavy (non-hydrogen) atoms. The van der Waals surface area contributed by atoms with Gasteiger partial charge in [0.2, 0.25) is 18.2 Å². The highest BCUT2D eigenvalue weighted by atomic mass is 19.3. The highest BCUT2D eigenvalue weighted by Crippen LogP contribution is 2.33. The van der Waals surface area contributed by atoms with Crippen molar-refractivity contribution in [3.8, 4) is 0 Å². The summed E-state index contributed by atoms with van der Waals surface area (Å²) >= 11 is 0. The van der Waals surface area contributed by atoms with Gasteiger partial charge in [-0.15, -0.1) is 0 Å². The van der Waals surface area contributed by atoms with Crippen LogP contribution in [0.15, 0.2) is 0 Å². The number of amides is 3. The smallest absolute Gasteiger partial charge is 0.267 e. The SMILES string of the molecule is CC.CC.CC.CC.CN(C)C=O.N[C@@H](CC1CCC(N2CCCC2=O)CC1)C(=O)N1CCC(F)(F)C1. The lowest BCUT2D eigenvalue weighted by Gasteiger charge is -2.35. The first-order valence-corrected chi connectivity index (χ1v) is 14.5. The Bertz CT molecular complexity index is 584. The molecule has 3 fully saturated rings. The lowest BCUT2D eigenvalue weighted by atomic mass is 9.82. The number of nitrogens with two attached hydrogens (primary N) is 1. The van der Waals surface area contributed by atoms with E-state index in [-0.39, 0.29) is 24.8 Å². The first-order valence-electron chi connectivity index (χ1n) is 14.5. The van der Waals surface area contributed by atoms with Gasteiger partial charge in [0.25, 0.3) is 5.92 Å². The Morgan fingerprint density at radius 3 is 1.86 bits per heavy atom. The van der Waals surface area contributed by atoms with Crippen molar-refractivity contribution in [3.63, 3.8) is 0 Å². The molecule has 1 atom stereocenters. The predicted octanol–water partition coefficient (Wildman–Crippen LogP) is 5.56. The molecule has 2 heterocycles. The maximum absolute atomic E-state index is 13.2. The highest BCUT2D eigenvalue weighted by molar-refractivity contribution is 5.82. The number of halogens is 2. The number of nitrogens with zero attached hydrogens (tertiary/aromatic N) is 3. The summed E-state index contributed by atoms with van der Waals surface area (Å²) in [5.41, 5.74) is 5.99. The summed E-state index contributed by atoms with van der Waals surface area (Å²) in [5, 5.41) is 0. The van der Waals surface area contributed by atoms with Gasteiger partial charge in [0, 0.05) is 46.1 Å². The van der Waals surface area contributed by atoms with Crippen LogP contribution in [0.2, 0.25) is 0 Å². The van der Waals surface area contributed by atoms with Crippen LogP contribution in [-0.4, -0.2) is 84.7 Å². The van der Waals surface area contributed by atoms with Crippen LogP contribution in [0.3, 0.4) is 0 Å². The Kier molecular flexibility index (Phi) is 25.1. The van der Waals surface area contributed by atoms with Gasteiger partial charge in [0.1, 0.15) is 0 Å². The van der Waals surface area contributed by atoms with Gasteiger partial charge in [-0.3, -0.25) is 14.4 Å². The molecule has 0 aromatic rings. The number of hydrogen-bond acceptors (Lipinski definition) is 4.